The maximum Gasteiger partial charge on any atom is 0.274 e. The molecule has 0 bridgehead atoms. The molecule has 6 heteroatoms. The van der Waals surface area contributed by atoms with Gasteiger partial charge in [-0.3, -0.25) is 4.79 Å². The Kier molecular flexibility index (Phi) is 4.99. The van der Waals surface area contributed by atoms with Crippen molar-refractivity contribution in [2.75, 3.05) is 20.1 Å². The van der Waals surface area contributed by atoms with Crippen LogP contribution in [0.15, 0.2) is 47.3 Å². The zero-order chi connectivity index (χ0) is 20.8. The van der Waals surface area contributed by atoms with E-state index < -0.39 is 6.23 Å². The predicted molar refractivity (Wildman–Crippen MR) is 113 cm³/mol. The number of hydrogen-bond acceptors (Lipinski definition) is 5. The molecule has 0 radical (unpaired) electrons. The third-order valence-electron chi connectivity index (χ3n) is 6.60. The summed E-state index contributed by atoms with van der Waals surface area (Å²) < 4.78 is 0. The average molecular weight is 396 g/mol. The fraction of sp³-hybridized carbons (Fsp3) is 0.478. The number of likely N-dealkylation sites (N-methyl/N-ethyl adjacent to an activating group) is 1. The number of carbonyl (C=O) groups is 1. The van der Waals surface area contributed by atoms with Crippen LogP contribution in [0.1, 0.15) is 50.2 Å². The molecule has 0 spiro atoms. The largest absolute Gasteiger partial charge is 0.506 e. The van der Waals surface area contributed by atoms with Crippen molar-refractivity contribution in [3.8, 4) is 0 Å². The molecule has 1 saturated heterocycles. The van der Waals surface area contributed by atoms with Crippen molar-refractivity contribution < 1.29 is 15.0 Å². The molecular formula is C23H29N3O3. The Bertz CT molecular complexity index is 894. The second kappa shape index (κ2) is 7.34. The van der Waals surface area contributed by atoms with Crippen LogP contribution >= 0.6 is 0 Å². The van der Waals surface area contributed by atoms with Crippen LogP contribution in [0.4, 0.5) is 0 Å². The van der Waals surface area contributed by atoms with Gasteiger partial charge in [-0.25, -0.2) is 4.99 Å². The lowest BCUT2D eigenvalue weighted by molar-refractivity contribution is -0.129. The third kappa shape index (κ3) is 3.35. The molecule has 3 aliphatic rings. The molecule has 1 aromatic carbocycles. The van der Waals surface area contributed by atoms with E-state index in [1.165, 1.54) is 5.56 Å². The van der Waals surface area contributed by atoms with E-state index in [0.29, 0.717) is 25.3 Å². The van der Waals surface area contributed by atoms with Crippen LogP contribution in [-0.4, -0.2) is 58.1 Å². The molecule has 1 unspecified atom stereocenters. The number of benzene rings is 1. The SMILES string of the molecule is C=C(C)c1ccc(C2(CC3=NC(O)C(O)=C4C(=O)N(C)CCN34)CCCC2)cc1. The van der Waals surface area contributed by atoms with Gasteiger partial charge >= 0.3 is 0 Å². The van der Waals surface area contributed by atoms with E-state index in [1.807, 2.05) is 11.8 Å². The lowest BCUT2D eigenvalue weighted by Gasteiger charge is -2.42. The van der Waals surface area contributed by atoms with Crippen molar-refractivity contribution in [2.45, 2.75) is 50.7 Å². The normalized spacial score (nSPS) is 23.9. The minimum atomic E-state index is -1.38. The maximum absolute atomic E-state index is 12.6. The molecule has 0 aromatic heterocycles. The first kappa shape index (κ1) is 19.7. The molecule has 1 aliphatic carbocycles. The number of rotatable bonds is 4. The number of nitrogens with zero attached hydrogens (tertiary/aromatic N) is 3. The Morgan fingerprint density at radius 1 is 1.24 bits per heavy atom. The summed E-state index contributed by atoms with van der Waals surface area (Å²) in [6.07, 6.45) is 3.64. The summed E-state index contributed by atoms with van der Waals surface area (Å²) in [7, 11) is 1.71. The van der Waals surface area contributed by atoms with Crippen LogP contribution in [0.3, 0.4) is 0 Å². The fourth-order valence-corrected chi connectivity index (χ4v) is 4.83. The molecule has 2 N–H and O–H groups in total. The van der Waals surface area contributed by atoms with Gasteiger partial charge in [-0.15, -0.1) is 0 Å². The molecule has 1 aromatic rings. The monoisotopic (exact) mass is 395 g/mol. The standard InChI is InChI=1S/C23H29N3O3/c1-15(2)16-6-8-17(9-7-16)23(10-4-5-11-23)14-18-24-21(28)20(27)19-22(29)25(3)12-13-26(18)19/h6-9,21,27-28H,1,4-5,10-14H2,2-3H3. The maximum atomic E-state index is 12.6. The van der Waals surface area contributed by atoms with Gasteiger partial charge in [0, 0.05) is 32.0 Å². The topological polar surface area (TPSA) is 76.4 Å². The summed E-state index contributed by atoms with van der Waals surface area (Å²) in [4.78, 5) is 20.4. The van der Waals surface area contributed by atoms with Crippen molar-refractivity contribution in [3.05, 3.63) is 53.4 Å². The number of amidine groups is 1. The van der Waals surface area contributed by atoms with Gasteiger partial charge in [-0.05, 0) is 30.9 Å². The molecule has 29 heavy (non-hydrogen) atoms. The van der Waals surface area contributed by atoms with Crippen molar-refractivity contribution in [1.82, 2.24) is 9.80 Å². The van der Waals surface area contributed by atoms with Gasteiger partial charge < -0.3 is 20.0 Å². The number of aliphatic imine (C=N–C) groups is 1. The van der Waals surface area contributed by atoms with Crippen molar-refractivity contribution in [2.24, 2.45) is 4.99 Å². The van der Waals surface area contributed by atoms with Crippen LogP contribution in [-0.2, 0) is 10.2 Å². The van der Waals surface area contributed by atoms with Gasteiger partial charge in [0.15, 0.2) is 11.5 Å². The Hall–Kier alpha value is -2.60. The molecule has 6 nitrogen and oxygen atoms in total. The van der Waals surface area contributed by atoms with E-state index in [9.17, 15) is 15.0 Å². The first-order valence-corrected chi connectivity index (χ1v) is 10.3. The number of allylic oxidation sites excluding steroid dienone is 1. The molecule has 2 fully saturated rings. The highest BCUT2D eigenvalue weighted by Crippen LogP contribution is 2.45. The minimum absolute atomic E-state index is 0.0728. The lowest BCUT2D eigenvalue weighted by Crippen LogP contribution is -2.53. The number of aliphatic hydroxyl groups excluding tert-OH is 2. The van der Waals surface area contributed by atoms with E-state index in [-0.39, 0.29) is 22.8 Å². The van der Waals surface area contributed by atoms with Crippen molar-refractivity contribution >= 4 is 17.3 Å². The number of hydrogen-bond donors (Lipinski definition) is 2. The molecule has 154 valence electrons. The highest BCUT2D eigenvalue weighted by Gasteiger charge is 2.43. The zero-order valence-corrected chi connectivity index (χ0v) is 17.2. The highest BCUT2D eigenvalue weighted by atomic mass is 16.3. The fourth-order valence-electron chi connectivity index (χ4n) is 4.83. The van der Waals surface area contributed by atoms with Crippen molar-refractivity contribution in [3.63, 3.8) is 0 Å². The van der Waals surface area contributed by atoms with Gasteiger partial charge in [-0.2, -0.15) is 0 Å². The van der Waals surface area contributed by atoms with Gasteiger partial charge in [-0.1, -0.05) is 49.3 Å². The molecule has 1 atom stereocenters. The Balaban J connectivity index is 1.68. The summed E-state index contributed by atoms with van der Waals surface area (Å²) in [5.41, 5.74) is 3.53. The molecule has 1 saturated carbocycles. The van der Waals surface area contributed by atoms with E-state index in [4.69, 9.17) is 0 Å². The summed E-state index contributed by atoms with van der Waals surface area (Å²) in [5.74, 6) is 0.0701. The number of carbonyl (C=O) groups excluding carboxylic acids is 1. The average Bonchev–Trinajstić information content (AvgIpc) is 3.18. The third-order valence-corrected chi connectivity index (χ3v) is 6.60. The van der Waals surface area contributed by atoms with Gasteiger partial charge in [0.2, 0.25) is 6.23 Å². The highest BCUT2D eigenvalue weighted by molar-refractivity contribution is 6.01. The summed E-state index contributed by atoms with van der Waals surface area (Å²) in [5, 5.41) is 20.6. The first-order chi connectivity index (χ1) is 13.8. The van der Waals surface area contributed by atoms with E-state index in [2.05, 4.69) is 35.8 Å². The lowest BCUT2D eigenvalue weighted by atomic mass is 9.75. The predicted octanol–water partition coefficient (Wildman–Crippen LogP) is 3.20. The van der Waals surface area contributed by atoms with Crippen LogP contribution < -0.4 is 0 Å². The van der Waals surface area contributed by atoms with E-state index in [1.54, 1.807) is 11.9 Å². The van der Waals surface area contributed by atoms with E-state index in [0.717, 1.165) is 36.8 Å². The molecule has 1 amide bonds. The van der Waals surface area contributed by atoms with Crippen LogP contribution in [0.2, 0.25) is 0 Å². The first-order valence-electron chi connectivity index (χ1n) is 10.3. The van der Waals surface area contributed by atoms with Gasteiger partial charge in [0.05, 0.1) is 0 Å². The molecule has 4 rings (SSSR count). The number of fused-ring (bicyclic) bond motifs is 1. The Morgan fingerprint density at radius 2 is 1.90 bits per heavy atom. The summed E-state index contributed by atoms with van der Waals surface area (Å²) in [6.45, 7) is 7.15. The molecule has 2 aliphatic heterocycles. The summed E-state index contributed by atoms with van der Waals surface area (Å²) >= 11 is 0. The number of amides is 1. The van der Waals surface area contributed by atoms with Crippen molar-refractivity contribution in [1.29, 1.82) is 0 Å². The van der Waals surface area contributed by atoms with Gasteiger partial charge in [0.1, 0.15) is 5.84 Å². The molecule has 2 heterocycles. The summed E-state index contributed by atoms with van der Waals surface area (Å²) in [6, 6.07) is 8.59. The van der Waals surface area contributed by atoms with Crippen LogP contribution in [0, 0.1) is 0 Å². The second-order valence-corrected chi connectivity index (χ2v) is 8.55. The van der Waals surface area contributed by atoms with Crippen LogP contribution in [0.25, 0.3) is 5.57 Å². The minimum Gasteiger partial charge on any atom is -0.506 e. The smallest absolute Gasteiger partial charge is 0.274 e. The second-order valence-electron chi connectivity index (χ2n) is 8.55. The van der Waals surface area contributed by atoms with Crippen LogP contribution in [0.5, 0.6) is 0 Å². The Morgan fingerprint density at radius 3 is 2.52 bits per heavy atom. The van der Waals surface area contributed by atoms with Gasteiger partial charge in [0.25, 0.3) is 5.91 Å². The number of piperazine rings is 1. The zero-order valence-electron chi connectivity index (χ0n) is 17.2. The number of aliphatic hydroxyl groups is 2. The Labute approximate surface area is 171 Å². The van der Waals surface area contributed by atoms with E-state index >= 15 is 0 Å². The molecular weight excluding hydrogens is 366 g/mol. The quantitative estimate of drug-likeness (QED) is 0.821.